The molecule has 2 unspecified atom stereocenters. The Balaban J connectivity index is 2.13. The van der Waals surface area contributed by atoms with Crippen molar-refractivity contribution in [1.29, 1.82) is 0 Å². The van der Waals surface area contributed by atoms with Crippen LogP contribution < -0.4 is 11.3 Å². The van der Waals surface area contributed by atoms with Gasteiger partial charge in [-0.25, -0.2) is 15.8 Å². The molecule has 1 aliphatic rings. The van der Waals surface area contributed by atoms with Gasteiger partial charge in [0.15, 0.2) is 0 Å². The first-order chi connectivity index (χ1) is 7.70. The lowest BCUT2D eigenvalue weighted by atomic mass is 10.3. The summed E-state index contributed by atoms with van der Waals surface area (Å²) in [6, 6.07) is 0. The summed E-state index contributed by atoms with van der Waals surface area (Å²) in [6.45, 7) is 2.91. The summed E-state index contributed by atoms with van der Waals surface area (Å²) in [5.74, 6) is 5.71. The number of aromatic nitrogens is 2. The third-order valence-corrected chi connectivity index (χ3v) is 4.71. The van der Waals surface area contributed by atoms with Crippen molar-refractivity contribution in [2.45, 2.75) is 29.7 Å². The molecule has 2 rings (SSSR count). The van der Waals surface area contributed by atoms with Gasteiger partial charge in [0, 0.05) is 18.1 Å². The molecule has 2 atom stereocenters. The van der Waals surface area contributed by atoms with Gasteiger partial charge < -0.3 is 4.74 Å². The van der Waals surface area contributed by atoms with Crippen LogP contribution in [0.15, 0.2) is 15.7 Å². The molecule has 1 aliphatic heterocycles. The Morgan fingerprint density at radius 2 is 2.50 bits per heavy atom. The van der Waals surface area contributed by atoms with Crippen molar-refractivity contribution in [3.05, 3.63) is 10.7 Å². The lowest BCUT2D eigenvalue weighted by Gasteiger charge is -2.13. The predicted molar refractivity (Wildman–Crippen MR) is 67.2 cm³/mol. The summed E-state index contributed by atoms with van der Waals surface area (Å²) in [7, 11) is 0. The van der Waals surface area contributed by atoms with E-state index in [1.165, 1.54) is 0 Å². The van der Waals surface area contributed by atoms with Gasteiger partial charge in [0.1, 0.15) is 5.03 Å². The molecule has 1 aromatic rings. The van der Waals surface area contributed by atoms with Gasteiger partial charge in [-0.05, 0) is 29.3 Å². The monoisotopic (exact) mass is 304 g/mol. The fourth-order valence-electron chi connectivity index (χ4n) is 1.51. The number of hydrogen-bond acceptors (Lipinski definition) is 6. The SMILES string of the molecule is CC1OCCC1Sc1nc(NN)ncc1Br. The summed E-state index contributed by atoms with van der Waals surface area (Å²) in [5, 5.41) is 1.34. The average Bonchev–Trinajstić information content (AvgIpc) is 2.68. The second kappa shape index (κ2) is 5.31. The molecule has 0 saturated carbocycles. The van der Waals surface area contributed by atoms with Crippen molar-refractivity contribution < 1.29 is 4.74 Å². The molecule has 0 aliphatic carbocycles. The van der Waals surface area contributed by atoms with Crippen LogP contribution in [0.4, 0.5) is 5.95 Å². The number of hydrogen-bond donors (Lipinski definition) is 2. The molecule has 0 spiro atoms. The number of hydrazine groups is 1. The van der Waals surface area contributed by atoms with Crippen LogP contribution in [0.3, 0.4) is 0 Å². The minimum absolute atomic E-state index is 0.265. The zero-order chi connectivity index (χ0) is 11.5. The molecular weight excluding hydrogens is 292 g/mol. The maximum absolute atomic E-state index is 5.51. The molecule has 3 N–H and O–H groups in total. The first kappa shape index (κ1) is 12.1. The van der Waals surface area contributed by atoms with E-state index in [2.05, 4.69) is 38.2 Å². The molecule has 7 heteroatoms. The molecule has 1 fully saturated rings. The number of anilines is 1. The van der Waals surface area contributed by atoms with Crippen LogP contribution in [0.5, 0.6) is 0 Å². The van der Waals surface area contributed by atoms with Crippen LogP contribution in [0.25, 0.3) is 0 Å². The summed E-state index contributed by atoms with van der Waals surface area (Å²) >= 11 is 5.13. The largest absolute Gasteiger partial charge is 0.377 e. The van der Waals surface area contributed by atoms with Gasteiger partial charge in [-0.1, -0.05) is 11.8 Å². The fourth-order valence-corrected chi connectivity index (χ4v) is 3.06. The van der Waals surface area contributed by atoms with Crippen LogP contribution >= 0.6 is 27.7 Å². The normalized spacial score (nSPS) is 24.7. The van der Waals surface area contributed by atoms with Crippen molar-refractivity contribution >= 4 is 33.6 Å². The van der Waals surface area contributed by atoms with E-state index in [0.717, 1.165) is 22.5 Å². The number of nitrogens with two attached hydrogens (primary N) is 1. The molecule has 2 heterocycles. The predicted octanol–water partition coefficient (Wildman–Crippen LogP) is 1.79. The van der Waals surface area contributed by atoms with E-state index in [1.807, 2.05) is 0 Å². The summed E-state index contributed by atoms with van der Waals surface area (Å²) < 4.78 is 6.40. The number of nitrogen functional groups attached to an aromatic ring is 1. The third-order valence-electron chi connectivity index (χ3n) is 2.41. The van der Waals surface area contributed by atoms with Crippen LogP contribution in [0.2, 0.25) is 0 Å². The van der Waals surface area contributed by atoms with Gasteiger partial charge in [0.25, 0.3) is 0 Å². The highest BCUT2D eigenvalue weighted by Gasteiger charge is 2.26. The number of thioether (sulfide) groups is 1. The molecule has 5 nitrogen and oxygen atoms in total. The molecule has 0 radical (unpaired) electrons. The van der Waals surface area contributed by atoms with E-state index in [9.17, 15) is 0 Å². The van der Waals surface area contributed by atoms with E-state index >= 15 is 0 Å². The lowest BCUT2D eigenvalue weighted by Crippen LogP contribution is -2.14. The Bertz CT molecular complexity index is 379. The Kier molecular flexibility index (Phi) is 4.01. The van der Waals surface area contributed by atoms with Gasteiger partial charge >= 0.3 is 0 Å². The van der Waals surface area contributed by atoms with Crippen molar-refractivity contribution in [2.24, 2.45) is 5.84 Å². The number of nitrogens with zero attached hydrogens (tertiary/aromatic N) is 2. The number of nitrogens with one attached hydrogen (secondary N) is 1. The molecule has 0 bridgehead atoms. The molecule has 16 heavy (non-hydrogen) atoms. The van der Waals surface area contributed by atoms with Crippen LogP contribution in [0.1, 0.15) is 13.3 Å². The van der Waals surface area contributed by atoms with Gasteiger partial charge in [0.05, 0.1) is 10.6 Å². The third kappa shape index (κ3) is 2.65. The number of halogens is 1. The molecule has 1 aromatic heterocycles. The van der Waals surface area contributed by atoms with Crippen LogP contribution in [-0.2, 0) is 4.74 Å². The molecule has 0 aromatic carbocycles. The topological polar surface area (TPSA) is 73.1 Å². The highest BCUT2D eigenvalue weighted by Crippen LogP contribution is 2.35. The summed E-state index contributed by atoms with van der Waals surface area (Å²) in [4.78, 5) is 8.31. The van der Waals surface area contributed by atoms with E-state index in [4.69, 9.17) is 10.6 Å². The van der Waals surface area contributed by atoms with Crippen molar-refractivity contribution in [3.63, 3.8) is 0 Å². The van der Waals surface area contributed by atoms with Crippen molar-refractivity contribution in [3.8, 4) is 0 Å². The molecular formula is C9H13BrN4OS. The molecule has 1 saturated heterocycles. The molecule has 88 valence electrons. The number of ether oxygens (including phenoxy) is 1. The first-order valence-corrected chi connectivity index (χ1v) is 6.65. The highest BCUT2D eigenvalue weighted by atomic mass is 79.9. The van der Waals surface area contributed by atoms with E-state index < -0.39 is 0 Å². The first-order valence-electron chi connectivity index (χ1n) is 4.98. The van der Waals surface area contributed by atoms with Crippen LogP contribution in [0, 0.1) is 0 Å². The standard InChI is InChI=1S/C9H13BrN4OS/c1-5-7(2-3-15-5)16-8-6(10)4-12-9(13-8)14-11/h4-5,7H,2-3,11H2,1H3,(H,12,13,14). The van der Waals surface area contributed by atoms with Crippen molar-refractivity contribution in [1.82, 2.24) is 9.97 Å². The average molecular weight is 305 g/mol. The molecule has 0 amide bonds. The highest BCUT2D eigenvalue weighted by molar-refractivity contribution is 9.10. The van der Waals surface area contributed by atoms with Crippen LogP contribution in [-0.4, -0.2) is 27.9 Å². The smallest absolute Gasteiger partial charge is 0.238 e. The Morgan fingerprint density at radius 1 is 1.69 bits per heavy atom. The second-order valence-electron chi connectivity index (χ2n) is 3.51. The van der Waals surface area contributed by atoms with E-state index in [1.54, 1.807) is 18.0 Å². The summed E-state index contributed by atoms with van der Waals surface area (Å²) in [5.41, 5.74) is 2.44. The number of rotatable bonds is 3. The lowest BCUT2D eigenvalue weighted by molar-refractivity contribution is 0.127. The maximum Gasteiger partial charge on any atom is 0.238 e. The van der Waals surface area contributed by atoms with Crippen molar-refractivity contribution in [2.75, 3.05) is 12.0 Å². The second-order valence-corrected chi connectivity index (χ2v) is 5.59. The van der Waals surface area contributed by atoms with E-state index in [-0.39, 0.29) is 6.10 Å². The quantitative estimate of drug-likeness (QED) is 0.504. The zero-order valence-electron chi connectivity index (χ0n) is 8.81. The Morgan fingerprint density at radius 3 is 3.12 bits per heavy atom. The summed E-state index contributed by atoms with van der Waals surface area (Å²) in [6.07, 6.45) is 3.01. The fraction of sp³-hybridized carbons (Fsp3) is 0.556. The van der Waals surface area contributed by atoms with Gasteiger partial charge in [-0.3, -0.25) is 5.43 Å². The van der Waals surface area contributed by atoms with Gasteiger partial charge in [-0.15, -0.1) is 0 Å². The minimum Gasteiger partial charge on any atom is -0.377 e. The van der Waals surface area contributed by atoms with E-state index in [0.29, 0.717) is 11.2 Å². The minimum atomic E-state index is 0.265. The zero-order valence-corrected chi connectivity index (χ0v) is 11.2. The Hall–Kier alpha value is -0.370. The maximum atomic E-state index is 5.51. The Labute approximate surface area is 107 Å². The van der Waals surface area contributed by atoms with Gasteiger partial charge in [0.2, 0.25) is 5.95 Å². The van der Waals surface area contributed by atoms with Gasteiger partial charge in [-0.2, -0.15) is 0 Å².